The van der Waals surface area contributed by atoms with Gasteiger partial charge < -0.3 is 19.9 Å². The molecule has 4 saturated carbocycles. The van der Waals surface area contributed by atoms with Crippen LogP contribution in [0.4, 0.5) is 0 Å². The van der Waals surface area contributed by atoms with Crippen molar-refractivity contribution >= 4 is 28.0 Å². The number of amides is 1. The Morgan fingerprint density at radius 3 is 2.33 bits per heavy atom. The second kappa shape index (κ2) is 13.7. The third-order valence-corrected chi connectivity index (χ3v) is 12.9. The molecule has 4 rings (SSSR count). The normalized spacial score (nSPS) is 37.8. The third-order valence-electron chi connectivity index (χ3n) is 12.2. The maximum Gasteiger partial charge on any atom is 0.306 e. The van der Waals surface area contributed by atoms with Gasteiger partial charge in [0, 0.05) is 25.8 Å². The van der Waals surface area contributed by atoms with E-state index in [4.69, 9.17) is 9.29 Å². The predicted molar refractivity (Wildman–Crippen MR) is 160 cm³/mol. The Morgan fingerprint density at radius 1 is 0.953 bits per heavy atom. The first-order valence-electron chi connectivity index (χ1n) is 16.3. The van der Waals surface area contributed by atoms with Crippen LogP contribution in [0.25, 0.3) is 0 Å². The van der Waals surface area contributed by atoms with Crippen molar-refractivity contribution in [2.75, 3.05) is 19.4 Å². The van der Waals surface area contributed by atoms with Crippen molar-refractivity contribution in [2.24, 2.45) is 46.3 Å². The highest BCUT2D eigenvalue weighted by Crippen LogP contribution is 2.68. The van der Waals surface area contributed by atoms with Crippen LogP contribution in [0.15, 0.2) is 0 Å². The van der Waals surface area contributed by atoms with Gasteiger partial charge in [-0.15, -0.1) is 0 Å². The molecule has 0 aliphatic heterocycles. The summed E-state index contributed by atoms with van der Waals surface area (Å²) in [5.74, 6) is 1.01. The van der Waals surface area contributed by atoms with Gasteiger partial charge >= 0.3 is 11.9 Å². The molecule has 4 fully saturated rings. The molecule has 10 atom stereocenters. The van der Waals surface area contributed by atoms with E-state index in [0.29, 0.717) is 42.4 Å². The summed E-state index contributed by atoms with van der Waals surface area (Å²) in [4.78, 5) is 36.1. The molecule has 4 aliphatic carbocycles. The fourth-order valence-corrected chi connectivity index (χ4v) is 10.3. The molecule has 1 amide bonds. The molecule has 3 unspecified atom stereocenters. The number of aliphatic hydroxyl groups is 1. The molecule has 43 heavy (non-hydrogen) atoms. The number of methoxy groups -OCH3 is 1. The number of esters is 2. The molecule has 0 spiro atoms. The van der Waals surface area contributed by atoms with E-state index in [2.05, 4.69) is 30.8 Å². The summed E-state index contributed by atoms with van der Waals surface area (Å²) in [6, 6.07) is 0. The van der Waals surface area contributed by atoms with Crippen molar-refractivity contribution < 1.29 is 41.9 Å². The predicted octanol–water partition coefficient (Wildman–Crippen LogP) is 4.29. The van der Waals surface area contributed by atoms with E-state index in [1.807, 2.05) is 0 Å². The second-order valence-electron chi connectivity index (χ2n) is 14.5. The monoisotopic (exact) mass is 627 g/mol. The van der Waals surface area contributed by atoms with Gasteiger partial charge in [0.15, 0.2) is 0 Å². The number of carbonyl (C=O) groups is 3. The summed E-state index contributed by atoms with van der Waals surface area (Å²) in [5, 5.41) is 14.3. The highest BCUT2D eigenvalue weighted by molar-refractivity contribution is 7.85. The molecule has 0 aromatic rings. The number of ether oxygens (including phenoxy) is 2. The lowest BCUT2D eigenvalue weighted by molar-refractivity contribution is -0.183. The standard InChI is InChI=1S/C32H53NO9S/c1-20(8-11-27(35)33-16-17-43(38,39)40)23-9-10-24-30-25(13-15-32(23,24)3)31(2)14-12-22(18-21(31)19-26(30)34)42-29(37)7-5-6-28(36)41-4/h20-26,30,34H,5-19H2,1-4H3,(H,33,35)(H,38,39,40)/t20-,21?,22-,23-,24?,25?,26+,30+,31+,32-/m0/s1. The molecule has 0 heterocycles. The minimum absolute atomic E-state index is 0.0871. The molecule has 246 valence electrons. The zero-order chi connectivity index (χ0) is 31.6. The summed E-state index contributed by atoms with van der Waals surface area (Å²) in [5.41, 5.74) is 0.228. The van der Waals surface area contributed by atoms with Crippen molar-refractivity contribution in [1.82, 2.24) is 5.32 Å². The van der Waals surface area contributed by atoms with Gasteiger partial charge in [-0.1, -0.05) is 20.8 Å². The first-order chi connectivity index (χ1) is 20.2. The van der Waals surface area contributed by atoms with Gasteiger partial charge in [0.25, 0.3) is 10.1 Å². The largest absolute Gasteiger partial charge is 0.469 e. The number of fused-ring (bicyclic) bond motifs is 5. The number of rotatable bonds is 12. The van der Waals surface area contributed by atoms with Gasteiger partial charge in [-0.25, -0.2) is 0 Å². The van der Waals surface area contributed by atoms with Gasteiger partial charge in [0.1, 0.15) is 6.10 Å². The Morgan fingerprint density at radius 2 is 1.63 bits per heavy atom. The van der Waals surface area contributed by atoms with E-state index >= 15 is 0 Å². The van der Waals surface area contributed by atoms with Crippen LogP contribution in [0.3, 0.4) is 0 Å². The van der Waals surface area contributed by atoms with Crippen LogP contribution in [0.5, 0.6) is 0 Å². The first kappa shape index (κ1) is 34.2. The molecule has 3 N–H and O–H groups in total. The molecule has 0 saturated heterocycles. The number of hydrogen-bond donors (Lipinski definition) is 3. The van der Waals surface area contributed by atoms with Crippen LogP contribution in [0, 0.1) is 46.3 Å². The van der Waals surface area contributed by atoms with Gasteiger partial charge in [0.2, 0.25) is 5.91 Å². The molecular weight excluding hydrogens is 574 g/mol. The average molecular weight is 628 g/mol. The smallest absolute Gasteiger partial charge is 0.306 e. The fourth-order valence-electron chi connectivity index (χ4n) is 9.96. The van der Waals surface area contributed by atoms with E-state index in [1.165, 1.54) is 7.11 Å². The van der Waals surface area contributed by atoms with Crippen LogP contribution in [-0.4, -0.2) is 67.5 Å². The molecule has 0 aromatic carbocycles. The van der Waals surface area contributed by atoms with Crippen molar-refractivity contribution in [3.63, 3.8) is 0 Å². The Hall–Kier alpha value is -1.72. The van der Waals surface area contributed by atoms with Crippen LogP contribution >= 0.6 is 0 Å². The summed E-state index contributed by atoms with van der Waals surface area (Å²) in [7, 11) is -2.75. The highest BCUT2D eigenvalue weighted by atomic mass is 32.2. The maximum atomic E-state index is 12.4. The maximum absolute atomic E-state index is 12.4. The lowest BCUT2D eigenvalue weighted by atomic mass is 9.43. The van der Waals surface area contributed by atoms with Crippen molar-refractivity contribution in [3.8, 4) is 0 Å². The Balaban J connectivity index is 1.32. The Bertz CT molecular complexity index is 1130. The summed E-state index contributed by atoms with van der Waals surface area (Å²) < 4.78 is 41.2. The summed E-state index contributed by atoms with van der Waals surface area (Å²) in [6.45, 7) is 6.96. The number of nitrogens with one attached hydrogen (secondary N) is 1. The van der Waals surface area contributed by atoms with E-state index in [1.54, 1.807) is 0 Å². The third kappa shape index (κ3) is 7.75. The van der Waals surface area contributed by atoms with Gasteiger partial charge in [-0.3, -0.25) is 18.9 Å². The SMILES string of the molecule is COC(=O)CCCC(=O)O[C@H]1CC[C@]2(C)C(C1)C[C@@H](O)[C@H]1C2CC[C@]2(C)C1CC[C@H]2[C@@H](C)CCC(=O)NCCS(=O)(=O)O. The topological polar surface area (TPSA) is 156 Å². The highest BCUT2D eigenvalue weighted by Gasteiger charge is 2.63. The lowest BCUT2D eigenvalue weighted by Gasteiger charge is -2.62. The second-order valence-corrected chi connectivity index (χ2v) is 16.1. The number of aliphatic hydroxyl groups excluding tert-OH is 1. The number of hydrogen-bond acceptors (Lipinski definition) is 8. The average Bonchev–Trinajstić information content (AvgIpc) is 3.29. The zero-order valence-corrected chi connectivity index (χ0v) is 27.2. The first-order valence-corrected chi connectivity index (χ1v) is 17.9. The zero-order valence-electron chi connectivity index (χ0n) is 26.4. The molecular formula is C32H53NO9S. The molecule has 4 aliphatic rings. The van der Waals surface area contributed by atoms with E-state index in [0.717, 1.165) is 57.8 Å². The van der Waals surface area contributed by atoms with Crippen molar-refractivity contribution in [2.45, 2.75) is 116 Å². The minimum atomic E-state index is -4.09. The Kier molecular flexibility index (Phi) is 10.9. The summed E-state index contributed by atoms with van der Waals surface area (Å²) >= 11 is 0. The number of carbonyl (C=O) groups excluding carboxylic acids is 3. The molecule has 0 bridgehead atoms. The van der Waals surface area contributed by atoms with Gasteiger partial charge in [-0.2, -0.15) is 8.42 Å². The van der Waals surface area contributed by atoms with Crippen molar-refractivity contribution in [1.29, 1.82) is 0 Å². The minimum Gasteiger partial charge on any atom is -0.469 e. The molecule has 0 radical (unpaired) electrons. The van der Waals surface area contributed by atoms with Crippen LogP contribution < -0.4 is 5.32 Å². The van der Waals surface area contributed by atoms with E-state index < -0.39 is 15.9 Å². The molecule has 10 nitrogen and oxygen atoms in total. The summed E-state index contributed by atoms with van der Waals surface area (Å²) in [6.07, 6.45) is 9.12. The van der Waals surface area contributed by atoms with E-state index in [9.17, 15) is 27.9 Å². The van der Waals surface area contributed by atoms with Crippen LogP contribution in [0.2, 0.25) is 0 Å². The van der Waals surface area contributed by atoms with Crippen LogP contribution in [0.1, 0.15) is 104 Å². The van der Waals surface area contributed by atoms with Gasteiger partial charge in [-0.05, 0) is 111 Å². The fraction of sp³-hybridized carbons (Fsp3) is 0.906. The molecule has 11 heteroatoms. The quantitative estimate of drug-likeness (QED) is 0.212. The van der Waals surface area contributed by atoms with Crippen molar-refractivity contribution in [3.05, 3.63) is 0 Å². The van der Waals surface area contributed by atoms with E-state index in [-0.39, 0.29) is 66.2 Å². The van der Waals surface area contributed by atoms with Gasteiger partial charge in [0.05, 0.1) is 19.0 Å². The lowest BCUT2D eigenvalue weighted by Crippen LogP contribution is -2.58. The Labute approximate surface area is 257 Å². The van der Waals surface area contributed by atoms with Crippen LogP contribution in [-0.2, 0) is 34.0 Å². The molecule has 0 aromatic heterocycles.